The number of nitrogens with zero attached hydrogens (tertiary/aromatic N) is 1. The maximum absolute atomic E-state index is 13.4. The van der Waals surface area contributed by atoms with Crippen molar-refractivity contribution in [1.82, 2.24) is 4.98 Å². The van der Waals surface area contributed by atoms with Gasteiger partial charge in [0, 0.05) is 12.0 Å². The van der Waals surface area contributed by atoms with Crippen LogP contribution in [0.15, 0.2) is 63.7 Å². The van der Waals surface area contributed by atoms with E-state index < -0.39 is 16.3 Å². The Kier molecular flexibility index (Phi) is 8.14. The number of ether oxygens (including phenoxy) is 1. The SMILES string of the molecule is CCCCc1nc2ccc(COC/C(=C\F)C(N)OS(=O)(=O)c3ccc(C)cc3)cc2o1. The predicted octanol–water partition coefficient (Wildman–Crippen LogP) is 4.54. The average molecular weight is 463 g/mol. The molecule has 172 valence electrons. The van der Waals surface area contributed by atoms with Crippen LogP contribution in [0.4, 0.5) is 4.39 Å². The summed E-state index contributed by atoms with van der Waals surface area (Å²) in [5.41, 5.74) is 8.75. The third kappa shape index (κ3) is 6.23. The van der Waals surface area contributed by atoms with Crippen LogP contribution in [0.2, 0.25) is 0 Å². The largest absolute Gasteiger partial charge is 0.441 e. The fourth-order valence-electron chi connectivity index (χ4n) is 2.96. The molecule has 0 fully saturated rings. The van der Waals surface area contributed by atoms with Crippen molar-refractivity contribution in [2.24, 2.45) is 5.73 Å². The first-order valence-electron chi connectivity index (χ1n) is 10.3. The molecule has 0 aliphatic rings. The topological polar surface area (TPSA) is 105 Å². The summed E-state index contributed by atoms with van der Waals surface area (Å²) < 4.78 is 54.3. The van der Waals surface area contributed by atoms with Crippen LogP contribution in [-0.4, -0.2) is 26.2 Å². The number of aromatic nitrogens is 1. The van der Waals surface area contributed by atoms with Gasteiger partial charge in [-0.05, 0) is 43.2 Å². The quantitative estimate of drug-likeness (QED) is 0.329. The van der Waals surface area contributed by atoms with Crippen LogP contribution in [0.1, 0.15) is 36.8 Å². The molecule has 1 unspecified atom stereocenters. The number of rotatable bonds is 11. The second-order valence-corrected chi connectivity index (χ2v) is 9.05. The highest BCUT2D eigenvalue weighted by Crippen LogP contribution is 2.20. The van der Waals surface area contributed by atoms with Crippen molar-refractivity contribution in [1.29, 1.82) is 0 Å². The highest BCUT2D eigenvalue weighted by Gasteiger charge is 2.22. The van der Waals surface area contributed by atoms with Crippen molar-refractivity contribution in [3.8, 4) is 0 Å². The fraction of sp³-hybridized carbons (Fsp3) is 0.348. The molecule has 0 radical (unpaired) electrons. The maximum Gasteiger partial charge on any atom is 0.298 e. The molecule has 1 heterocycles. The first kappa shape index (κ1) is 24.1. The number of hydrogen-bond acceptors (Lipinski definition) is 7. The van der Waals surface area contributed by atoms with Gasteiger partial charge in [-0.25, -0.2) is 13.6 Å². The van der Waals surface area contributed by atoms with E-state index in [1.54, 1.807) is 12.1 Å². The molecule has 0 spiro atoms. The molecule has 3 aromatic rings. The van der Waals surface area contributed by atoms with Gasteiger partial charge in [0.25, 0.3) is 10.1 Å². The van der Waals surface area contributed by atoms with Crippen LogP contribution < -0.4 is 5.73 Å². The summed E-state index contributed by atoms with van der Waals surface area (Å²) in [6.45, 7) is 3.84. The van der Waals surface area contributed by atoms with Crippen molar-refractivity contribution in [2.45, 2.75) is 50.8 Å². The molecule has 2 N–H and O–H groups in total. The molecule has 0 saturated heterocycles. The number of aryl methyl sites for hydroxylation is 2. The van der Waals surface area contributed by atoms with Crippen LogP contribution in [0.25, 0.3) is 11.1 Å². The molecule has 0 saturated carbocycles. The normalized spacial score (nSPS) is 13.6. The molecular formula is C23H27FN2O5S. The Hall–Kier alpha value is -2.59. The third-order valence-corrected chi connectivity index (χ3v) is 6.13. The van der Waals surface area contributed by atoms with Crippen LogP contribution in [-0.2, 0) is 32.1 Å². The predicted molar refractivity (Wildman–Crippen MR) is 119 cm³/mol. The Morgan fingerprint density at radius 1 is 1.25 bits per heavy atom. The first-order chi connectivity index (χ1) is 15.3. The van der Waals surface area contributed by atoms with Gasteiger partial charge in [0.15, 0.2) is 17.7 Å². The monoisotopic (exact) mass is 462 g/mol. The number of halogens is 1. The van der Waals surface area contributed by atoms with Crippen LogP contribution in [0.5, 0.6) is 0 Å². The molecule has 1 atom stereocenters. The number of fused-ring (bicyclic) bond motifs is 1. The lowest BCUT2D eigenvalue weighted by Gasteiger charge is -2.16. The van der Waals surface area contributed by atoms with Crippen molar-refractivity contribution < 1.29 is 26.1 Å². The molecule has 0 aliphatic heterocycles. The second-order valence-electron chi connectivity index (χ2n) is 7.47. The van der Waals surface area contributed by atoms with E-state index in [4.69, 9.17) is 19.1 Å². The Bertz CT molecular complexity index is 1170. The molecule has 0 amide bonds. The molecule has 9 heteroatoms. The highest BCUT2D eigenvalue weighted by molar-refractivity contribution is 7.86. The molecule has 32 heavy (non-hydrogen) atoms. The van der Waals surface area contributed by atoms with Crippen molar-refractivity contribution in [2.75, 3.05) is 6.61 Å². The second kappa shape index (κ2) is 10.8. The van der Waals surface area contributed by atoms with Crippen LogP contribution >= 0.6 is 0 Å². The number of oxazole rings is 1. The van der Waals surface area contributed by atoms with E-state index in [0.29, 0.717) is 11.5 Å². The average Bonchev–Trinajstić information content (AvgIpc) is 3.17. The van der Waals surface area contributed by atoms with Gasteiger partial charge in [0.2, 0.25) is 0 Å². The van der Waals surface area contributed by atoms with Crippen LogP contribution in [0, 0.1) is 6.92 Å². The smallest absolute Gasteiger partial charge is 0.298 e. The minimum atomic E-state index is -4.14. The fourth-order valence-corrected chi connectivity index (χ4v) is 3.94. The first-order valence-corrected chi connectivity index (χ1v) is 11.7. The number of unbranched alkanes of at least 4 members (excludes halogenated alkanes) is 1. The van der Waals surface area contributed by atoms with Gasteiger partial charge in [-0.15, -0.1) is 0 Å². The number of hydrogen-bond donors (Lipinski definition) is 1. The zero-order valence-corrected chi connectivity index (χ0v) is 18.9. The lowest BCUT2D eigenvalue weighted by Crippen LogP contribution is -2.31. The Morgan fingerprint density at radius 2 is 2.00 bits per heavy atom. The zero-order chi connectivity index (χ0) is 23.1. The summed E-state index contributed by atoms with van der Waals surface area (Å²) in [5, 5.41) is 0. The molecule has 2 aromatic carbocycles. The minimum Gasteiger partial charge on any atom is -0.441 e. The van der Waals surface area contributed by atoms with Crippen molar-refractivity contribution in [3.05, 3.63) is 71.4 Å². The van der Waals surface area contributed by atoms with Gasteiger partial charge in [0.1, 0.15) is 5.52 Å². The molecule has 0 bridgehead atoms. The third-order valence-electron chi connectivity index (χ3n) is 4.82. The van der Waals surface area contributed by atoms with E-state index >= 15 is 0 Å². The van der Waals surface area contributed by atoms with Gasteiger partial charge in [-0.1, -0.05) is 37.1 Å². The number of nitrogens with two attached hydrogens (primary N) is 1. The summed E-state index contributed by atoms with van der Waals surface area (Å²) in [4.78, 5) is 4.39. The van der Waals surface area contributed by atoms with Gasteiger partial charge in [-0.2, -0.15) is 8.42 Å². The maximum atomic E-state index is 13.4. The van der Waals surface area contributed by atoms with Gasteiger partial charge >= 0.3 is 0 Å². The summed E-state index contributed by atoms with van der Waals surface area (Å²) in [6.07, 6.45) is 1.54. The van der Waals surface area contributed by atoms with Gasteiger partial charge in [-0.3, -0.25) is 0 Å². The van der Waals surface area contributed by atoms with Crippen molar-refractivity contribution in [3.63, 3.8) is 0 Å². The Balaban J connectivity index is 1.57. The number of benzene rings is 2. The molecular weight excluding hydrogens is 435 g/mol. The van der Waals surface area contributed by atoms with Gasteiger partial charge in [0.05, 0.1) is 24.4 Å². The standard InChI is InChI=1S/C23H27FN2O5S/c1-3-4-5-22-26-20-11-8-17(12-21(20)30-22)14-29-15-18(13-24)23(25)31-32(27,28)19-9-6-16(2)7-10-19/h6-13,23H,3-5,14-15,25H2,1-2H3/b18-13+. The zero-order valence-electron chi connectivity index (χ0n) is 18.1. The summed E-state index contributed by atoms with van der Waals surface area (Å²) >= 11 is 0. The van der Waals surface area contributed by atoms with E-state index in [0.717, 1.165) is 35.9 Å². The summed E-state index contributed by atoms with van der Waals surface area (Å²) in [5.74, 6) is 0.695. The van der Waals surface area contributed by atoms with E-state index in [9.17, 15) is 12.8 Å². The Labute approximate surface area is 187 Å². The van der Waals surface area contributed by atoms with Crippen LogP contribution in [0.3, 0.4) is 0 Å². The van der Waals surface area contributed by atoms with E-state index in [2.05, 4.69) is 11.9 Å². The lowest BCUT2D eigenvalue weighted by molar-refractivity contribution is 0.123. The highest BCUT2D eigenvalue weighted by atomic mass is 32.2. The van der Waals surface area contributed by atoms with E-state index in [1.807, 2.05) is 25.1 Å². The molecule has 7 nitrogen and oxygen atoms in total. The molecule has 3 rings (SSSR count). The Morgan fingerprint density at radius 3 is 2.69 bits per heavy atom. The van der Waals surface area contributed by atoms with Gasteiger partial charge < -0.3 is 14.9 Å². The van der Waals surface area contributed by atoms with E-state index in [1.165, 1.54) is 12.1 Å². The summed E-state index contributed by atoms with van der Waals surface area (Å²) in [6, 6.07) is 11.6. The van der Waals surface area contributed by atoms with E-state index in [-0.39, 0.29) is 30.0 Å². The lowest BCUT2D eigenvalue weighted by atomic mass is 10.2. The minimum absolute atomic E-state index is 0.0589. The van der Waals surface area contributed by atoms with Crippen molar-refractivity contribution >= 4 is 21.2 Å². The molecule has 0 aliphatic carbocycles. The summed E-state index contributed by atoms with van der Waals surface area (Å²) in [7, 11) is -4.14. The molecule has 1 aromatic heterocycles.